The number of nitrogens with zero attached hydrogens (tertiary/aromatic N) is 3. The van der Waals surface area contributed by atoms with Gasteiger partial charge in [-0.2, -0.15) is 0 Å². The summed E-state index contributed by atoms with van der Waals surface area (Å²) in [6.07, 6.45) is 0. The molecular weight excluding hydrogens is 378 g/mol. The van der Waals surface area contributed by atoms with E-state index in [1.807, 2.05) is 50.2 Å². The van der Waals surface area contributed by atoms with Crippen molar-refractivity contribution in [2.24, 2.45) is 0 Å². The Hall–Kier alpha value is -1.95. The maximum atomic E-state index is 13.3. The fraction of sp³-hybridized carbons (Fsp3) is 0.333. The minimum absolute atomic E-state index is 0. The van der Waals surface area contributed by atoms with Crippen LogP contribution in [0.15, 0.2) is 36.4 Å². The van der Waals surface area contributed by atoms with Crippen LogP contribution >= 0.6 is 23.7 Å². The van der Waals surface area contributed by atoms with Gasteiger partial charge in [-0.15, -0.1) is 12.4 Å². The van der Waals surface area contributed by atoms with Gasteiger partial charge >= 0.3 is 0 Å². The van der Waals surface area contributed by atoms with E-state index in [2.05, 4.69) is 30.9 Å². The van der Waals surface area contributed by atoms with Crippen LogP contribution in [0.1, 0.15) is 27.0 Å². The topological polar surface area (TPSA) is 36.4 Å². The van der Waals surface area contributed by atoms with Crippen LogP contribution in [-0.4, -0.2) is 43.0 Å². The Bertz CT molecular complexity index is 952. The Morgan fingerprint density at radius 2 is 1.74 bits per heavy atom. The van der Waals surface area contributed by atoms with Gasteiger partial charge in [0.15, 0.2) is 5.13 Å². The normalized spacial score (nSPS) is 10.9. The molecule has 6 heteroatoms. The number of hydrogen-bond acceptors (Lipinski definition) is 4. The van der Waals surface area contributed by atoms with Crippen LogP contribution in [0.2, 0.25) is 0 Å². The second-order valence-corrected chi connectivity index (χ2v) is 7.99. The highest BCUT2D eigenvalue weighted by molar-refractivity contribution is 7.22. The molecule has 0 bridgehead atoms. The van der Waals surface area contributed by atoms with Crippen LogP contribution in [0.4, 0.5) is 5.13 Å². The van der Waals surface area contributed by atoms with Crippen LogP contribution in [0, 0.1) is 20.8 Å². The number of carbonyl (C=O) groups excluding carboxylic acids is 1. The zero-order valence-electron chi connectivity index (χ0n) is 16.4. The molecule has 4 nitrogen and oxygen atoms in total. The summed E-state index contributed by atoms with van der Waals surface area (Å²) in [5.74, 6) is 0.00617. The third-order valence-corrected chi connectivity index (χ3v) is 5.65. The van der Waals surface area contributed by atoms with Crippen molar-refractivity contribution >= 4 is 45.0 Å². The van der Waals surface area contributed by atoms with Gasteiger partial charge in [0.1, 0.15) is 0 Å². The minimum atomic E-state index is 0. The quantitative estimate of drug-likeness (QED) is 0.610. The SMILES string of the molecule is Cc1ccc(C(=O)N(CCN(C)C)c2nc3c(C)cccc3s2)cc1C.Cl. The molecule has 3 aromatic rings. The Balaban J connectivity index is 0.00000261. The van der Waals surface area contributed by atoms with Gasteiger partial charge in [-0.3, -0.25) is 9.69 Å². The third kappa shape index (κ3) is 4.67. The molecule has 0 fully saturated rings. The first-order valence-corrected chi connectivity index (χ1v) is 9.58. The number of rotatable bonds is 5. The van der Waals surface area contributed by atoms with Gasteiger partial charge in [-0.05, 0) is 69.8 Å². The van der Waals surface area contributed by atoms with Crippen LogP contribution in [0.5, 0.6) is 0 Å². The number of amides is 1. The molecule has 0 unspecified atom stereocenters. The Morgan fingerprint density at radius 1 is 1.00 bits per heavy atom. The summed E-state index contributed by atoms with van der Waals surface area (Å²) in [4.78, 5) is 21.9. The number of hydrogen-bond donors (Lipinski definition) is 0. The van der Waals surface area contributed by atoms with Crippen molar-refractivity contribution < 1.29 is 4.79 Å². The molecule has 0 aliphatic rings. The van der Waals surface area contributed by atoms with Crippen molar-refractivity contribution in [1.29, 1.82) is 0 Å². The summed E-state index contributed by atoms with van der Waals surface area (Å²) in [5.41, 5.74) is 5.15. The van der Waals surface area contributed by atoms with Gasteiger partial charge in [-0.25, -0.2) is 4.98 Å². The summed E-state index contributed by atoms with van der Waals surface area (Å²) in [6.45, 7) is 7.55. The number of halogens is 1. The molecular formula is C21H26ClN3OS. The van der Waals surface area contributed by atoms with E-state index in [0.717, 1.165) is 33.0 Å². The highest BCUT2D eigenvalue weighted by Crippen LogP contribution is 2.31. The molecule has 0 radical (unpaired) electrons. The van der Waals surface area contributed by atoms with Crippen LogP contribution < -0.4 is 4.90 Å². The van der Waals surface area contributed by atoms with E-state index in [4.69, 9.17) is 4.98 Å². The third-order valence-electron chi connectivity index (χ3n) is 4.61. The van der Waals surface area contributed by atoms with Crippen molar-refractivity contribution in [1.82, 2.24) is 9.88 Å². The van der Waals surface area contributed by atoms with Gasteiger partial charge in [0.05, 0.1) is 10.2 Å². The molecule has 3 rings (SSSR count). The predicted molar refractivity (Wildman–Crippen MR) is 118 cm³/mol. The van der Waals surface area contributed by atoms with Gasteiger partial charge in [-0.1, -0.05) is 29.5 Å². The maximum Gasteiger partial charge on any atom is 0.260 e. The van der Waals surface area contributed by atoms with Gasteiger partial charge in [0.2, 0.25) is 0 Å². The van der Waals surface area contributed by atoms with Crippen molar-refractivity contribution in [3.8, 4) is 0 Å². The maximum absolute atomic E-state index is 13.3. The number of carbonyl (C=O) groups is 1. The van der Waals surface area contributed by atoms with E-state index >= 15 is 0 Å². The standard InChI is InChI=1S/C21H25N3OS.ClH/c1-14-9-10-17(13-16(14)3)20(25)24(12-11-23(4)5)21-22-19-15(2)7-6-8-18(19)26-21;/h6-10,13H,11-12H2,1-5H3;1H. The minimum Gasteiger partial charge on any atom is -0.308 e. The van der Waals surface area contributed by atoms with Crippen molar-refractivity contribution in [3.63, 3.8) is 0 Å². The van der Waals surface area contributed by atoms with Gasteiger partial charge in [0, 0.05) is 18.7 Å². The first-order valence-electron chi connectivity index (χ1n) is 8.77. The molecule has 1 amide bonds. The molecule has 1 aromatic heterocycles. The van der Waals surface area contributed by atoms with E-state index in [9.17, 15) is 4.79 Å². The number of benzene rings is 2. The Morgan fingerprint density at radius 3 is 2.37 bits per heavy atom. The molecule has 0 aliphatic heterocycles. The second kappa shape index (κ2) is 8.83. The summed E-state index contributed by atoms with van der Waals surface area (Å²) in [6, 6.07) is 12.0. The van der Waals surface area contributed by atoms with Gasteiger partial charge < -0.3 is 4.90 Å². The van der Waals surface area contributed by atoms with E-state index in [1.165, 1.54) is 5.56 Å². The molecule has 0 saturated carbocycles. The number of fused-ring (bicyclic) bond motifs is 1. The van der Waals surface area contributed by atoms with Crippen molar-refractivity contribution in [2.75, 3.05) is 32.1 Å². The molecule has 2 aromatic carbocycles. The average Bonchev–Trinajstić information content (AvgIpc) is 3.02. The van der Waals surface area contributed by atoms with E-state index in [0.29, 0.717) is 12.1 Å². The summed E-state index contributed by atoms with van der Waals surface area (Å²) >= 11 is 1.58. The number of aromatic nitrogens is 1. The molecule has 0 spiro atoms. The fourth-order valence-electron chi connectivity index (χ4n) is 2.80. The van der Waals surface area contributed by atoms with Crippen molar-refractivity contribution in [2.45, 2.75) is 20.8 Å². The van der Waals surface area contributed by atoms with E-state index in [1.54, 1.807) is 11.3 Å². The highest BCUT2D eigenvalue weighted by atomic mass is 35.5. The zero-order valence-corrected chi connectivity index (χ0v) is 18.1. The molecule has 0 atom stereocenters. The average molecular weight is 404 g/mol. The fourth-order valence-corrected chi connectivity index (χ4v) is 3.87. The molecule has 144 valence electrons. The van der Waals surface area contributed by atoms with E-state index < -0.39 is 0 Å². The lowest BCUT2D eigenvalue weighted by Crippen LogP contribution is -2.36. The first kappa shape index (κ1) is 21.4. The number of para-hydroxylation sites is 1. The smallest absolute Gasteiger partial charge is 0.260 e. The zero-order chi connectivity index (χ0) is 18.8. The number of likely N-dealkylation sites (N-methyl/N-ethyl adjacent to an activating group) is 1. The van der Waals surface area contributed by atoms with E-state index in [-0.39, 0.29) is 18.3 Å². The lowest BCUT2D eigenvalue weighted by Gasteiger charge is -2.22. The van der Waals surface area contributed by atoms with Crippen LogP contribution in [0.3, 0.4) is 0 Å². The molecule has 0 aliphatic carbocycles. The number of thiazole rings is 1. The summed E-state index contributed by atoms with van der Waals surface area (Å²) in [7, 11) is 4.03. The van der Waals surface area contributed by atoms with Crippen LogP contribution in [-0.2, 0) is 0 Å². The molecule has 0 saturated heterocycles. The lowest BCUT2D eigenvalue weighted by molar-refractivity contribution is 0.0985. The Labute approximate surface area is 171 Å². The van der Waals surface area contributed by atoms with Crippen molar-refractivity contribution in [3.05, 3.63) is 58.7 Å². The molecule has 27 heavy (non-hydrogen) atoms. The first-order chi connectivity index (χ1) is 12.4. The molecule has 1 heterocycles. The molecule has 0 N–H and O–H groups in total. The summed E-state index contributed by atoms with van der Waals surface area (Å²) in [5, 5.41) is 0.763. The summed E-state index contributed by atoms with van der Waals surface area (Å²) < 4.78 is 1.11. The Kier molecular flexibility index (Phi) is 6.98. The second-order valence-electron chi connectivity index (χ2n) is 6.98. The predicted octanol–water partition coefficient (Wildman–Crippen LogP) is 4.85. The monoisotopic (exact) mass is 403 g/mol. The largest absolute Gasteiger partial charge is 0.308 e. The number of anilines is 1. The lowest BCUT2D eigenvalue weighted by atomic mass is 10.1. The highest BCUT2D eigenvalue weighted by Gasteiger charge is 2.22. The number of aryl methyl sites for hydroxylation is 3. The van der Waals surface area contributed by atoms with Gasteiger partial charge in [0.25, 0.3) is 5.91 Å². The van der Waals surface area contributed by atoms with Crippen LogP contribution in [0.25, 0.3) is 10.2 Å².